The molecule has 2 atom stereocenters. The summed E-state index contributed by atoms with van der Waals surface area (Å²) in [6.07, 6.45) is 8.57. The number of halogens is 1. The zero-order valence-electron chi connectivity index (χ0n) is 25.0. The molecule has 41 heavy (non-hydrogen) atoms. The molecule has 3 aromatic rings. The highest BCUT2D eigenvalue weighted by atomic mass is 79.9. The summed E-state index contributed by atoms with van der Waals surface area (Å²) >= 11 is 3.56. The van der Waals surface area contributed by atoms with Gasteiger partial charge in [0.05, 0.1) is 13.2 Å². The number of esters is 2. The monoisotopic (exact) mass is 628 g/mol. The van der Waals surface area contributed by atoms with Gasteiger partial charge < -0.3 is 18.9 Å². The van der Waals surface area contributed by atoms with Crippen LogP contribution in [0.3, 0.4) is 0 Å². The van der Waals surface area contributed by atoms with E-state index in [4.69, 9.17) is 18.9 Å². The summed E-state index contributed by atoms with van der Waals surface area (Å²) in [6, 6.07) is 13.5. The standard InChI is InChI=1S/C34H45BrO6/c1-5-9-13-24(7-3)20-38-31(36)22-40-33-27-15-11-12-16-28(27)34(30-19-26(35)17-18-29(30)33)41-23-32(37)39-21-25(8-4)14-10-6-2/h11-12,15-19,24-25H,5-10,13-14,20-23H2,1-4H3. The van der Waals surface area contributed by atoms with Crippen LogP contribution in [0.4, 0.5) is 0 Å². The molecule has 7 heteroatoms. The Bertz CT molecular complexity index is 1270. The minimum absolute atomic E-state index is 0.192. The molecule has 2 unspecified atom stereocenters. The lowest BCUT2D eigenvalue weighted by Crippen LogP contribution is -2.20. The van der Waals surface area contributed by atoms with Crippen molar-refractivity contribution in [3.8, 4) is 11.5 Å². The first-order valence-corrected chi connectivity index (χ1v) is 15.9. The predicted molar refractivity (Wildman–Crippen MR) is 169 cm³/mol. The first kappa shape index (κ1) is 32.7. The largest absolute Gasteiger partial charge is 0.481 e. The maximum atomic E-state index is 12.7. The Hall–Kier alpha value is -2.80. The summed E-state index contributed by atoms with van der Waals surface area (Å²) in [7, 11) is 0. The molecular weight excluding hydrogens is 584 g/mol. The highest BCUT2D eigenvalue weighted by Crippen LogP contribution is 2.43. The average molecular weight is 630 g/mol. The molecule has 0 saturated heterocycles. The van der Waals surface area contributed by atoms with Crippen LogP contribution in [0.5, 0.6) is 11.5 Å². The first-order valence-electron chi connectivity index (χ1n) is 15.1. The van der Waals surface area contributed by atoms with Gasteiger partial charge in [0.25, 0.3) is 0 Å². The Morgan fingerprint density at radius 2 is 1.15 bits per heavy atom. The van der Waals surface area contributed by atoms with Crippen molar-refractivity contribution in [3.05, 3.63) is 46.9 Å². The smallest absolute Gasteiger partial charge is 0.344 e. The molecule has 3 aromatic carbocycles. The number of benzene rings is 3. The van der Waals surface area contributed by atoms with Crippen molar-refractivity contribution in [1.82, 2.24) is 0 Å². The molecule has 0 heterocycles. The molecule has 0 N–H and O–H groups in total. The first-order chi connectivity index (χ1) is 19.9. The summed E-state index contributed by atoms with van der Waals surface area (Å²) in [5, 5.41) is 3.13. The maximum Gasteiger partial charge on any atom is 0.344 e. The van der Waals surface area contributed by atoms with E-state index in [9.17, 15) is 9.59 Å². The number of rotatable bonds is 18. The van der Waals surface area contributed by atoms with Gasteiger partial charge in [-0.05, 0) is 42.9 Å². The van der Waals surface area contributed by atoms with Gasteiger partial charge >= 0.3 is 11.9 Å². The second kappa shape index (κ2) is 17.2. The summed E-state index contributed by atoms with van der Waals surface area (Å²) in [4.78, 5) is 25.3. The lowest BCUT2D eigenvalue weighted by Gasteiger charge is -2.19. The lowest BCUT2D eigenvalue weighted by molar-refractivity contribution is -0.148. The summed E-state index contributed by atoms with van der Waals surface area (Å²) in [6.45, 7) is 9.01. The van der Waals surface area contributed by atoms with E-state index in [1.807, 2.05) is 42.5 Å². The Morgan fingerprint density at radius 1 is 0.683 bits per heavy atom. The third kappa shape index (κ3) is 9.63. The van der Waals surface area contributed by atoms with Gasteiger partial charge in [0.1, 0.15) is 11.5 Å². The number of hydrogen-bond acceptors (Lipinski definition) is 6. The number of unbranched alkanes of at least 4 members (excludes halogenated alkanes) is 2. The third-order valence-corrected chi connectivity index (χ3v) is 8.10. The molecule has 0 spiro atoms. The number of fused-ring (bicyclic) bond motifs is 2. The molecule has 0 amide bonds. The van der Waals surface area contributed by atoms with Crippen LogP contribution < -0.4 is 9.47 Å². The quantitative estimate of drug-likeness (QED) is 0.103. The van der Waals surface area contributed by atoms with Crippen LogP contribution in [0.1, 0.15) is 79.1 Å². The van der Waals surface area contributed by atoms with E-state index in [0.29, 0.717) is 36.5 Å². The average Bonchev–Trinajstić information content (AvgIpc) is 2.99. The SMILES string of the molecule is CCCCC(CC)COC(=O)COc1c2ccccc2c(OCC(=O)OCC(CC)CCCC)c2cc(Br)ccc12. The highest BCUT2D eigenvalue weighted by molar-refractivity contribution is 9.10. The zero-order valence-corrected chi connectivity index (χ0v) is 26.6. The summed E-state index contributed by atoms with van der Waals surface area (Å²) in [5.41, 5.74) is 0. The molecule has 224 valence electrons. The molecule has 0 saturated carbocycles. The Kier molecular flexibility index (Phi) is 13.7. The van der Waals surface area contributed by atoms with Crippen molar-refractivity contribution < 1.29 is 28.5 Å². The minimum atomic E-state index is -0.389. The number of carbonyl (C=O) groups excluding carboxylic acids is 2. The summed E-state index contributed by atoms with van der Waals surface area (Å²) < 4.78 is 24.3. The predicted octanol–water partition coefficient (Wildman–Crippen LogP) is 9.03. The fourth-order valence-corrected chi connectivity index (χ4v) is 5.31. The van der Waals surface area contributed by atoms with Crippen molar-refractivity contribution in [1.29, 1.82) is 0 Å². The Morgan fingerprint density at radius 3 is 1.61 bits per heavy atom. The second-order valence-corrected chi connectivity index (χ2v) is 11.6. The van der Waals surface area contributed by atoms with Gasteiger partial charge in [0.15, 0.2) is 13.2 Å². The van der Waals surface area contributed by atoms with Crippen LogP contribution >= 0.6 is 15.9 Å². The van der Waals surface area contributed by atoms with Crippen molar-refractivity contribution in [2.75, 3.05) is 26.4 Å². The van der Waals surface area contributed by atoms with Crippen LogP contribution in [-0.2, 0) is 19.1 Å². The van der Waals surface area contributed by atoms with Crippen LogP contribution in [0.15, 0.2) is 46.9 Å². The second-order valence-electron chi connectivity index (χ2n) is 10.7. The van der Waals surface area contributed by atoms with Gasteiger partial charge in [-0.3, -0.25) is 0 Å². The van der Waals surface area contributed by atoms with E-state index in [1.165, 1.54) is 0 Å². The zero-order chi connectivity index (χ0) is 29.6. The van der Waals surface area contributed by atoms with Crippen LogP contribution in [0.25, 0.3) is 21.5 Å². The van der Waals surface area contributed by atoms with E-state index < -0.39 is 0 Å². The lowest BCUT2D eigenvalue weighted by atomic mass is 10.0. The Labute approximate surface area is 253 Å². The molecule has 0 radical (unpaired) electrons. The van der Waals surface area contributed by atoms with E-state index in [1.54, 1.807) is 0 Å². The van der Waals surface area contributed by atoms with Crippen molar-refractivity contribution >= 4 is 49.4 Å². The van der Waals surface area contributed by atoms with Crippen LogP contribution in [-0.4, -0.2) is 38.4 Å². The maximum absolute atomic E-state index is 12.7. The van der Waals surface area contributed by atoms with Crippen molar-refractivity contribution in [2.45, 2.75) is 79.1 Å². The van der Waals surface area contributed by atoms with Gasteiger partial charge in [-0.2, -0.15) is 0 Å². The fraction of sp³-hybridized carbons (Fsp3) is 0.529. The van der Waals surface area contributed by atoms with Crippen LogP contribution in [0.2, 0.25) is 0 Å². The molecule has 0 fully saturated rings. The molecule has 0 aromatic heterocycles. The van der Waals surface area contributed by atoms with Gasteiger partial charge in [-0.15, -0.1) is 0 Å². The van der Waals surface area contributed by atoms with Gasteiger partial charge in [0, 0.05) is 26.0 Å². The molecule has 0 aliphatic carbocycles. The molecule has 6 nitrogen and oxygen atoms in total. The van der Waals surface area contributed by atoms with Gasteiger partial charge in [-0.1, -0.05) is 106 Å². The Balaban J connectivity index is 1.79. The molecule has 0 aliphatic rings. The normalized spacial score (nSPS) is 12.7. The topological polar surface area (TPSA) is 71.1 Å². The van der Waals surface area contributed by atoms with Gasteiger partial charge in [-0.25, -0.2) is 9.59 Å². The number of hydrogen-bond donors (Lipinski definition) is 0. The van der Waals surface area contributed by atoms with E-state index in [-0.39, 0.29) is 25.2 Å². The van der Waals surface area contributed by atoms with Crippen LogP contribution in [0, 0.1) is 11.8 Å². The van der Waals surface area contributed by atoms with E-state index in [0.717, 1.165) is 77.4 Å². The molecule has 0 aliphatic heterocycles. The molecular formula is C34H45BrO6. The highest BCUT2D eigenvalue weighted by Gasteiger charge is 2.20. The van der Waals surface area contributed by atoms with Crippen molar-refractivity contribution in [3.63, 3.8) is 0 Å². The fourth-order valence-electron chi connectivity index (χ4n) is 4.95. The number of ether oxygens (including phenoxy) is 4. The molecule has 0 bridgehead atoms. The molecule has 3 rings (SSSR count). The summed E-state index contributed by atoms with van der Waals surface area (Å²) in [5.74, 6) is 1.11. The van der Waals surface area contributed by atoms with E-state index in [2.05, 4.69) is 43.6 Å². The minimum Gasteiger partial charge on any atom is -0.481 e. The van der Waals surface area contributed by atoms with E-state index >= 15 is 0 Å². The van der Waals surface area contributed by atoms with Crippen molar-refractivity contribution in [2.24, 2.45) is 11.8 Å². The third-order valence-electron chi connectivity index (χ3n) is 7.60. The number of carbonyl (C=O) groups is 2. The van der Waals surface area contributed by atoms with Gasteiger partial charge in [0.2, 0.25) is 0 Å².